The fourth-order valence-corrected chi connectivity index (χ4v) is 2.71. The first-order valence-corrected chi connectivity index (χ1v) is 7.44. The third kappa shape index (κ3) is 2.95. The molecule has 21 heavy (non-hydrogen) atoms. The van der Waals surface area contributed by atoms with Gasteiger partial charge in [0.15, 0.2) is 0 Å². The monoisotopic (exact) mass is 303 g/mol. The first kappa shape index (κ1) is 14.1. The van der Waals surface area contributed by atoms with E-state index in [1.165, 1.54) is 12.8 Å². The van der Waals surface area contributed by atoms with Crippen LogP contribution in [0.4, 0.5) is 5.82 Å². The molecule has 1 aliphatic carbocycles. The highest BCUT2D eigenvalue weighted by Gasteiger charge is 2.25. The highest BCUT2D eigenvalue weighted by Crippen LogP contribution is 2.35. The standard InChI is InChI=1S/C16H18ClN3O/c1-3-6-20(9-11-4-5-11)16-12-7-13(17)15(21-2)8-14(12)18-10-19-16/h3,7-8,10-11H,1,4-6,9H2,2H3. The Kier molecular flexibility index (Phi) is 3.97. The van der Waals surface area contributed by atoms with E-state index in [-0.39, 0.29) is 0 Å². The Balaban J connectivity index is 2.07. The maximum atomic E-state index is 6.26. The molecule has 1 aromatic heterocycles. The van der Waals surface area contributed by atoms with E-state index in [1.807, 2.05) is 18.2 Å². The summed E-state index contributed by atoms with van der Waals surface area (Å²) < 4.78 is 5.25. The molecule has 2 aromatic rings. The highest BCUT2D eigenvalue weighted by molar-refractivity contribution is 6.33. The molecule has 0 bridgehead atoms. The topological polar surface area (TPSA) is 38.2 Å². The molecule has 0 amide bonds. The number of nitrogens with zero attached hydrogens (tertiary/aromatic N) is 3. The van der Waals surface area contributed by atoms with Gasteiger partial charge in [-0.3, -0.25) is 0 Å². The van der Waals surface area contributed by atoms with Crippen molar-refractivity contribution in [2.24, 2.45) is 5.92 Å². The molecule has 0 aliphatic heterocycles. The van der Waals surface area contributed by atoms with Crippen molar-refractivity contribution in [3.05, 3.63) is 36.1 Å². The number of halogens is 1. The third-order valence-corrected chi connectivity index (χ3v) is 4.01. The van der Waals surface area contributed by atoms with E-state index < -0.39 is 0 Å². The average molecular weight is 304 g/mol. The van der Waals surface area contributed by atoms with Crippen molar-refractivity contribution >= 4 is 28.3 Å². The van der Waals surface area contributed by atoms with Crippen LogP contribution in [-0.4, -0.2) is 30.2 Å². The summed E-state index contributed by atoms with van der Waals surface area (Å²) in [6.07, 6.45) is 6.09. The molecule has 4 nitrogen and oxygen atoms in total. The van der Waals surface area contributed by atoms with Crippen molar-refractivity contribution in [2.75, 3.05) is 25.1 Å². The SMILES string of the molecule is C=CCN(CC1CC1)c1ncnc2cc(OC)c(Cl)cc12. The first-order chi connectivity index (χ1) is 10.2. The minimum Gasteiger partial charge on any atom is -0.495 e. The van der Waals surface area contributed by atoms with Gasteiger partial charge in [-0.15, -0.1) is 6.58 Å². The second-order valence-electron chi connectivity index (χ2n) is 5.34. The third-order valence-electron chi connectivity index (χ3n) is 3.71. The number of ether oxygens (including phenoxy) is 1. The molecule has 3 rings (SSSR count). The first-order valence-electron chi connectivity index (χ1n) is 7.07. The van der Waals surface area contributed by atoms with E-state index in [4.69, 9.17) is 16.3 Å². The van der Waals surface area contributed by atoms with Gasteiger partial charge in [-0.25, -0.2) is 9.97 Å². The number of hydrogen-bond acceptors (Lipinski definition) is 4. The molecule has 1 aromatic carbocycles. The van der Waals surface area contributed by atoms with Crippen LogP contribution >= 0.6 is 11.6 Å². The Morgan fingerprint density at radius 1 is 1.43 bits per heavy atom. The summed E-state index contributed by atoms with van der Waals surface area (Å²) in [5, 5.41) is 1.52. The van der Waals surface area contributed by atoms with Gasteiger partial charge >= 0.3 is 0 Å². The van der Waals surface area contributed by atoms with Gasteiger partial charge in [0.2, 0.25) is 0 Å². The maximum Gasteiger partial charge on any atom is 0.140 e. The molecule has 0 N–H and O–H groups in total. The van der Waals surface area contributed by atoms with Gasteiger partial charge in [0.05, 0.1) is 17.6 Å². The van der Waals surface area contributed by atoms with Crippen LogP contribution in [0.15, 0.2) is 31.1 Å². The maximum absolute atomic E-state index is 6.26. The van der Waals surface area contributed by atoms with E-state index in [9.17, 15) is 0 Å². The van der Waals surface area contributed by atoms with Crippen LogP contribution in [0.3, 0.4) is 0 Å². The molecule has 0 atom stereocenters. The summed E-state index contributed by atoms with van der Waals surface area (Å²) in [5.74, 6) is 2.31. The number of benzene rings is 1. The van der Waals surface area contributed by atoms with Gasteiger partial charge in [-0.1, -0.05) is 17.7 Å². The van der Waals surface area contributed by atoms with Crippen molar-refractivity contribution in [2.45, 2.75) is 12.8 Å². The lowest BCUT2D eigenvalue weighted by atomic mass is 10.2. The number of fused-ring (bicyclic) bond motifs is 1. The molecule has 0 unspecified atom stereocenters. The van der Waals surface area contributed by atoms with Crippen LogP contribution in [0.5, 0.6) is 5.75 Å². The van der Waals surface area contributed by atoms with Crippen LogP contribution in [0.2, 0.25) is 5.02 Å². The summed E-state index contributed by atoms with van der Waals surface area (Å²) in [4.78, 5) is 11.0. The lowest BCUT2D eigenvalue weighted by Crippen LogP contribution is -2.27. The Morgan fingerprint density at radius 2 is 2.24 bits per heavy atom. The van der Waals surface area contributed by atoms with Crippen LogP contribution in [0, 0.1) is 5.92 Å². The summed E-state index contributed by atoms with van der Waals surface area (Å²) >= 11 is 6.26. The predicted molar refractivity (Wildman–Crippen MR) is 86.2 cm³/mol. The minimum absolute atomic E-state index is 0.575. The van der Waals surface area contributed by atoms with Crippen LogP contribution in [0.1, 0.15) is 12.8 Å². The predicted octanol–water partition coefficient (Wildman–Crippen LogP) is 3.69. The van der Waals surface area contributed by atoms with E-state index in [0.29, 0.717) is 10.8 Å². The van der Waals surface area contributed by atoms with E-state index in [0.717, 1.165) is 35.7 Å². The number of hydrogen-bond donors (Lipinski definition) is 0. The van der Waals surface area contributed by atoms with Gasteiger partial charge in [-0.05, 0) is 24.8 Å². The molecule has 110 valence electrons. The van der Waals surface area contributed by atoms with Crippen LogP contribution in [-0.2, 0) is 0 Å². The second kappa shape index (κ2) is 5.90. The zero-order valence-corrected chi connectivity index (χ0v) is 12.8. The van der Waals surface area contributed by atoms with Crippen molar-refractivity contribution in [3.8, 4) is 5.75 Å². The largest absolute Gasteiger partial charge is 0.495 e. The molecule has 1 saturated carbocycles. The normalized spacial score (nSPS) is 14.2. The van der Waals surface area contributed by atoms with Gasteiger partial charge in [0.25, 0.3) is 0 Å². The van der Waals surface area contributed by atoms with E-state index in [2.05, 4.69) is 21.4 Å². The van der Waals surface area contributed by atoms with Gasteiger partial charge < -0.3 is 9.64 Å². The van der Waals surface area contributed by atoms with Crippen LogP contribution < -0.4 is 9.64 Å². The zero-order chi connectivity index (χ0) is 14.8. The lowest BCUT2D eigenvalue weighted by Gasteiger charge is -2.23. The highest BCUT2D eigenvalue weighted by atomic mass is 35.5. The number of anilines is 1. The summed E-state index contributed by atoms with van der Waals surface area (Å²) in [5.41, 5.74) is 0.839. The fourth-order valence-electron chi connectivity index (χ4n) is 2.47. The minimum atomic E-state index is 0.575. The lowest BCUT2D eigenvalue weighted by molar-refractivity contribution is 0.415. The second-order valence-corrected chi connectivity index (χ2v) is 5.75. The Labute approximate surface area is 129 Å². The van der Waals surface area contributed by atoms with Crippen molar-refractivity contribution in [1.82, 2.24) is 9.97 Å². The Bertz CT molecular complexity index is 670. The van der Waals surface area contributed by atoms with Crippen molar-refractivity contribution in [3.63, 3.8) is 0 Å². The summed E-state index contributed by atoms with van der Waals surface area (Å²) in [7, 11) is 1.60. The Hall–Kier alpha value is -1.81. The van der Waals surface area contributed by atoms with Crippen molar-refractivity contribution in [1.29, 1.82) is 0 Å². The average Bonchev–Trinajstić information content (AvgIpc) is 3.29. The molecule has 0 spiro atoms. The smallest absolute Gasteiger partial charge is 0.140 e. The molecule has 1 fully saturated rings. The molecular formula is C16H18ClN3O. The van der Waals surface area contributed by atoms with Gasteiger partial charge in [0, 0.05) is 24.5 Å². The molecule has 0 saturated heterocycles. The fraction of sp³-hybridized carbons (Fsp3) is 0.375. The van der Waals surface area contributed by atoms with E-state index in [1.54, 1.807) is 13.4 Å². The molecular weight excluding hydrogens is 286 g/mol. The van der Waals surface area contributed by atoms with Crippen molar-refractivity contribution < 1.29 is 4.74 Å². The number of methoxy groups -OCH3 is 1. The molecule has 1 heterocycles. The zero-order valence-electron chi connectivity index (χ0n) is 12.1. The molecule has 5 heteroatoms. The summed E-state index contributed by atoms with van der Waals surface area (Å²) in [6, 6.07) is 3.74. The van der Waals surface area contributed by atoms with Gasteiger partial charge in [0.1, 0.15) is 17.9 Å². The Morgan fingerprint density at radius 3 is 2.90 bits per heavy atom. The number of rotatable bonds is 6. The molecule has 1 aliphatic rings. The van der Waals surface area contributed by atoms with Crippen LogP contribution in [0.25, 0.3) is 10.9 Å². The summed E-state index contributed by atoms with van der Waals surface area (Å²) in [6.45, 7) is 5.62. The van der Waals surface area contributed by atoms with Gasteiger partial charge in [-0.2, -0.15) is 0 Å². The molecule has 0 radical (unpaired) electrons. The quantitative estimate of drug-likeness (QED) is 0.763. The van der Waals surface area contributed by atoms with E-state index >= 15 is 0 Å². The number of aromatic nitrogens is 2.